The molecule has 1 heterocycles. The van der Waals surface area contributed by atoms with Crippen LogP contribution in [0.25, 0.3) is 0 Å². The van der Waals surface area contributed by atoms with Gasteiger partial charge in [-0.25, -0.2) is 4.79 Å². The molecule has 0 saturated carbocycles. The van der Waals surface area contributed by atoms with Crippen LogP contribution < -0.4 is 0 Å². The molecular formula is C8H5F9O4. The van der Waals surface area contributed by atoms with E-state index in [1.807, 2.05) is 0 Å². The molecule has 1 fully saturated rings. The van der Waals surface area contributed by atoms with E-state index < -0.39 is 49.6 Å². The number of carbonyl (C=O) groups excluding carboxylic acids is 1. The lowest BCUT2D eigenvalue weighted by atomic mass is 10.0. The molecule has 4 nitrogen and oxygen atoms in total. The maximum atomic E-state index is 12.4. The van der Waals surface area contributed by atoms with Crippen LogP contribution in [0.2, 0.25) is 0 Å². The molecule has 124 valence electrons. The number of hydrogen-bond acceptors (Lipinski definition) is 4. The van der Waals surface area contributed by atoms with Gasteiger partial charge in [-0.1, -0.05) is 0 Å². The van der Waals surface area contributed by atoms with Gasteiger partial charge in [-0.15, -0.1) is 0 Å². The van der Waals surface area contributed by atoms with Gasteiger partial charge in [0.05, 0.1) is 6.61 Å². The van der Waals surface area contributed by atoms with E-state index >= 15 is 0 Å². The molecule has 0 radical (unpaired) electrons. The Morgan fingerprint density at radius 2 is 1.38 bits per heavy atom. The van der Waals surface area contributed by atoms with Gasteiger partial charge in [-0.2, -0.15) is 39.5 Å². The van der Waals surface area contributed by atoms with Crippen LogP contribution in [0.15, 0.2) is 0 Å². The van der Waals surface area contributed by atoms with Crippen LogP contribution in [0.4, 0.5) is 44.3 Å². The van der Waals surface area contributed by atoms with Crippen molar-refractivity contribution in [1.29, 1.82) is 0 Å². The summed E-state index contributed by atoms with van der Waals surface area (Å²) in [5.74, 6) is 0. The summed E-state index contributed by atoms with van der Waals surface area (Å²) in [7, 11) is 0. The molecule has 0 N–H and O–H groups in total. The lowest BCUT2D eigenvalue weighted by Crippen LogP contribution is -2.68. The number of cyclic esters (lactones) is 2. The van der Waals surface area contributed by atoms with Crippen molar-refractivity contribution < 1.29 is 58.5 Å². The Bertz CT molecular complexity index is 360. The Morgan fingerprint density at radius 3 is 1.67 bits per heavy atom. The molecule has 1 unspecified atom stereocenters. The van der Waals surface area contributed by atoms with Crippen LogP contribution in [0.1, 0.15) is 0 Å². The molecular weight excluding hydrogens is 331 g/mol. The average Bonchev–Trinajstić information content (AvgIpc) is 2.58. The van der Waals surface area contributed by atoms with Crippen LogP contribution in [0.3, 0.4) is 0 Å². The molecule has 1 aliphatic rings. The predicted molar refractivity (Wildman–Crippen MR) is 43.1 cm³/mol. The SMILES string of the molecule is O=C1OCC(COC(C(F)(F)F)(C(F)(F)F)C(F)(F)F)O1. The van der Waals surface area contributed by atoms with Crippen molar-refractivity contribution in [3.8, 4) is 0 Å². The summed E-state index contributed by atoms with van der Waals surface area (Å²) >= 11 is 0. The molecule has 21 heavy (non-hydrogen) atoms. The topological polar surface area (TPSA) is 44.8 Å². The Labute approximate surface area is 109 Å². The van der Waals surface area contributed by atoms with Crippen LogP contribution in [-0.4, -0.2) is 49.6 Å². The zero-order chi connectivity index (χ0) is 16.7. The monoisotopic (exact) mass is 336 g/mol. The van der Waals surface area contributed by atoms with E-state index in [2.05, 4.69) is 14.2 Å². The van der Waals surface area contributed by atoms with Gasteiger partial charge in [0, 0.05) is 0 Å². The number of rotatable bonds is 3. The Hall–Kier alpha value is -1.40. The van der Waals surface area contributed by atoms with E-state index in [1.54, 1.807) is 0 Å². The van der Waals surface area contributed by atoms with Gasteiger partial charge >= 0.3 is 30.3 Å². The maximum absolute atomic E-state index is 12.4. The Morgan fingerprint density at radius 1 is 0.952 bits per heavy atom. The molecule has 0 spiro atoms. The summed E-state index contributed by atoms with van der Waals surface area (Å²) in [6.45, 7) is -2.63. The second-order valence-corrected chi connectivity index (χ2v) is 3.79. The molecule has 0 aromatic carbocycles. The smallest absolute Gasteiger partial charge is 0.430 e. The molecule has 0 bridgehead atoms. The summed E-state index contributed by atoms with van der Waals surface area (Å²) in [6.07, 6.45) is -23.7. The summed E-state index contributed by atoms with van der Waals surface area (Å²) < 4.78 is 123. The van der Waals surface area contributed by atoms with Crippen molar-refractivity contribution in [3.63, 3.8) is 0 Å². The van der Waals surface area contributed by atoms with Gasteiger partial charge in [0.1, 0.15) is 6.61 Å². The number of alkyl halides is 9. The molecule has 13 heteroatoms. The Kier molecular flexibility index (Phi) is 4.29. The fourth-order valence-corrected chi connectivity index (χ4v) is 1.39. The first-order chi connectivity index (χ1) is 9.22. The third-order valence-corrected chi connectivity index (χ3v) is 2.33. The van der Waals surface area contributed by atoms with Crippen molar-refractivity contribution in [2.24, 2.45) is 0 Å². The molecule has 1 atom stereocenters. The molecule has 0 aliphatic carbocycles. The largest absolute Gasteiger partial charge is 0.508 e. The third-order valence-electron chi connectivity index (χ3n) is 2.33. The minimum atomic E-state index is -6.83. The van der Waals surface area contributed by atoms with Gasteiger partial charge in [0.25, 0.3) is 0 Å². The Balaban J connectivity index is 3.10. The van der Waals surface area contributed by atoms with Crippen molar-refractivity contribution in [3.05, 3.63) is 0 Å². The van der Waals surface area contributed by atoms with Gasteiger partial charge in [-0.05, 0) is 0 Å². The van der Waals surface area contributed by atoms with Crippen molar-refractivity contribution in [2.45, 2.75) is 30.2 Å². The minimum Gasteiger partial charge on any atom is -0.430 e. The normalized spacial score (nSPS) is 21.2. The first-order valence-electron chi connectivity index (χ1n) is 4.90. The van der Waals surface area contributed by atoms with E-state index in [0.717, 1.165) is 0 Å². The molecule has 1 saturated heterocycles. The van der Waals surface area contributed by atoms with E-state index in [9.17, 15) is 44.3 Å². The third kappa shape index (κ3) is 3.11. The number of hydrogen-bond donors (Lipinski definition) is 0. The van der Waals surface area contributed by atoms with Gasteiger partial charge in [-0.3, -0.25) is 0 Å². The minimum absolute atomic E-state index is 0.831. The van der Waals surface area contributed by atoms with Crippen LogP contribution in [-0.2, 0) is 14.2 Å². The molecule has 0 amide bonds. The highest BCUT2D eigenvalue weighted by molar-refractivity contribution is 5.61. The highest BCUT2D eigenvalue weighted by atomic mass is 19.4. The fourth-order valence-electron chi connectivity index (χ4n) is 1.39. The average molecular weight is 336 g/mol. The fraction of sp³-hybridized carbons (Fsp3) is 0.875. The zero-order valence-corrected chi connectivity index (χ0v) is 9.53. The van der Waals surface area contributed by atoms with E-state index in [0.29, 0.717) is 0 Å². The molecule has 0 aromatic rings. The summed E-state index contributed by atoms with van der Waals surface area (Å²) in [6, 6.07) is 0. The predicted octanol–water partition coefficient (Wildman–Crippen LogP) is 2.96. The van der Waals surface area contributed by atoms with Gasteiger partial charge < -0.3 is 14.2 Å². The maximum Gasteiger partial charge on any atom is 0.508 e. The molecule has 0 aromatic heterocycles. The second kappa shape index (κ2) is 5.10. The van der Waals surface area contributed by atoms with E-state index in [-0.39, 0.29) is 0 Å². The lowest BCUT2D eigenvalue weighted by Gasteiger charge is -2.38. The molecule has 1 aliphatic heterocycles. The second-order valence-electron chi connectivity index (χ2n) is 3.79. The van der Waals surface area contributed by atoms with Crippen molar-refractivity contribution in [2.75, 3.05) is 13.2 Å². The van der Waals surface area contributed by atoms with E-state index in [1.165, 1.54) is 0 Å². The quantitative estimate of drug-likeness (QED) is 0.587. The standard InChI is InChI=1S/C8H5F9O4/c9-6(10,11)5(7(12,13)14,8(15,16)17)20-2-3-1-19-4(18)21-3/h3H,1-2H2. The first-order valence-corrected chi connectivity index (χ1v) is 4.90. The number of ether oxygens (including phenoxy) is 3. The number of halogens is 9. The lowest BCUT2D eigenvalue weighted by molar-refractivity contribution is -0.458. The highest BCUT2D eigenvalue weighted by Crippen LogP contribution is 2.54. The summed E-state index contributed by atoms with van der Waals surface area (Å²) in [5, 5.41) is 0. The van der Waals surface area contributed by atoms with Crippen molar-refractivity contribution >= 4 is 6.16 Å². The van der Waals surface area contributed by atoms with Crippen molar-refractivity contribution in [1.82, 2.24) is 0 Å². The van der Waals surface area contributed by atoms with Gasteiger partial charge in [0.15, 0.2) is 6.10 Å². The van der Waals surface area contributed by atoms with E-state index in [4.69, 9.17) is 0 Å². The van der Waals surface area contributed by atoms with Crippen LogP contribution in [0.5, 0.6) is 0 Å². The van der Waals surface area contributed by atoms with Gasteiger partial charge in [0.2, 0.25) is 0 Å². The highest BCUT2D eigenvalue weighted by Gasteiger charge is 2.85. The summed E-state index contributed by atoms with van der Waals surface area (Å²) in [4.78, 5) is 10.4. The van der Waals surface area contributed by atoms with Crippen LogP contribution in [0, 0.1) is 0 Å². The number of carbonyl (C=O) groups is 1. The summed E-state index contributed by atoms with van der Waals surface area (Å²) in [5.41, 5.74) is -6.39. The zero-order valence-electron chi connectivity index (χ0n) is 9.53. The van der Waals surface area contributed by atoms with Crippen LogP contribution >= 0.6 is 0 Å². The molecule has 1 rings (SSSR count). The first kappa shape index (κ1) is 17.7.